The maximum Gasteiger partial charge on any atom is 0.472 e. The Morgan fingerprint density at radius 1 is 0.492 bits per heavy atom. The molecular formula is C54H88NO9P. The molecule has 0 saturated heterocycles. The van der Waals surface area contributed by atoms with Crippen LogP contribution in [0.3, 0.4) is 0 Å². The van der Waals surface area contributed by atoms with Crippen molar-refractivity contribution in [1.82, 2.24) is 0 Å². The highest BCUT2D eigenvalue weighted by Crippen LogP contribution is 2.43. The molecule has 0 aromatic carbocycles. The molecule has 0 saturated carbocycles. The van der Waals surface area contributed by atoms with E-state index in [0.717, 1.165) is 128 Å². The van der Waals surface area contributed by atoms with Crippen molar-refractivity contribution in [2.75, 3.05) is 26.4 Å². The monoisotopic (exact) mass is 926 g/mol. The minimum absolute atomic E-state index is 0.0105. The van der Waals surface area contributed by atoms with Crippen LogP contribution in [0.4, 0.5) is 0 Å². The fraction of sp³-hybridized carbons (Fsp3) is 0.593. The summed E-state index contributed by atoms with van der Waals surface area (Å²) in [6.07, 6.45) is 66.8. The molecule has 0 bridgehead atoms. The number of aliphatic carboxylic acids is 1. The molecule has 0 amide bonds. The van der Waals surface area contributed by atoms with Crippen molar-refractivity contribution in [2.45, 2.75) is 180 Å². The van der Waals surface area contributed by atoms with Gasteiger partial charge in [0.2, 0.25) is 0 Å². The smallest absolute Gasteiger partial charge is 0.472 e. The summed E-state index contributed by atoms with van der Waals surface area (Å²) >= 11 is 0. The van der Waals surface area contributed by atoms with E-state index in [0.29, 0.717) is 13.0 Å². The predicted octanol–water partition coefficient (Wildman–Crippen LogP) is 14.4. The number of rotatable bonds is 45. The van der Waals surface area contributed by atoms with Crippen LogP contribution in [0.2, 0.25) is 0 Å². The van der Waals surface area contributed by atoms with Crippen LogP contribution in [0.5, 0.6) is 0 Å². The molecule has 3 atom stereocenters. The van der Waals surface area contributed by atoms with Crippen LogP contribution in [0.25, 0.3) is 0 Å². The summed E-state index contributed by atoms with van der Waals surface area (Å²) in [5.74, 6) is -1.82. The Morgan fingerprint density at radius 3 is 1.26 bits per heavy atom. The lowest BCUT2D eigenvalue weighted by molar-refractivity contribution is -0.154. The van der Waals surface area contributed by atoms with Crippen LogP contribution in [0.15, 0.2) is 122 Å². The Bertz CT molecular complexity index is 1490. The SMILES string of the molecule is CC/C=C\C/C=C\C/C=C\C/C=C\C/C=C\CCCCCCCCOCC(COP(=O)(O)OCC(N)C(=O)O)OC(=O)CCCCCCC/C=C\C/C=C\C/C=C\C/C=C\C/C=C\CC. The first-order valence-electron chi connectivity index (χ1n) is 24.6. The van der Waals surface area contributed by atoms with E-state index >= 15 is 0 Å². The van der Waals surface area contributed by atoms with E-state index in [1.54, 1.807) is 0 Å². The van der Waals surface area contributed by atoms with Gasteiger partial charge < -0.3 is 25.2 Å². The van der Waals surface area contributed by atoms with E-state index in [9.17, 15) is 19.0 Å². The van der Waals surface area contributed by atoms with Crippen molar-refractivity contribution < 1.29 is 42.7 Å². The third-order valence-electron chi connectivity index (χ3n) is 9.74. The lowest BCUT2D eigenvalue weighted by atomic mass is 10.1. The van der Waals surface area contributed by atoms with Crippen LogP contribution in [-0.2, 0) is 32.7 Å². The van der Waals surface area contributed by atoms with Crippen molar-refractivity contribution in [3.63, 3.8) is 0 Å². The summed E-state index contributed by atoms with van der Waals surface area (Å²) in [6, 6.07) is -1.49. The van der Waals surface area contributed by atoms with Gasteiger partial charge in [-0.25, -0.2) is 4.57 Å². The average Bonchev–Trinajstić information content (AvgIpc) is 3.29. The first kappa shape index (κ1) is 61.4. The quantitative estimate of drug-likeness (QED) is 0.0233. The highest BCUT2D eigenvalue weighted by molar-refractivity contribution is 7.47. The Morgan fingerprint density at radius 2 is 0.846 bits per heavy atom. The summed E-state index contributed by atoms with van der Waals surface area (Å²) < 4.78 is 33.5. The number of allylic oxidation sites excluding steroid dienone is 20. The summed E-state index contributed by atoms with van der Waals surface area (Å²) in [6.45, 7) is 3.57. The number of phosphoric ester groups is 1. The maximum absolute atomic E-state index is 12.7. The largest absolute Gasteiger partial charge is 0.480 e. The fourth-order valence-electron chi connectivity index (χ4n) is 6.01. The number of carboxylic acids is 1. The van der Waals surface area contributed by atoms with Gasteiger partial charge in [0, 0.05) is 13.0 Å². The predicted molar refractivity (Wildman–Crippen MR) is 272 cm³/mol. The zero-order valence-corrected chi connectivity index (χ0v) is 41.2. The molecule has 0 fully saturated rings. The standard InChI is InChI=1S/C54H88NO9P/c1-3-5-7-9-11-13-15-17-19-21-23-25-27-29-31-33-35-37-39-41-43-45-47-61-48-51(49-62-65(59,60)63-50-52(55)54(57)58)64-53(56)46-44-42-40-38-36-34-32-30-28-26-24-22-20-18-16-14-12-10-8-6-4-2/h5-8,11-14,17-20,23-26,29-32,51-52H,3-4,9-10,15-16,21-22,27-28,33-50,55H2,1-2H3,(H,57,58)(H,59,60)/b7-5-,8-6-,13-11-,14-12-,19-17-,20-18-,25-23-,26-24-,31-29-,32-30-. The second-order valence-electron chi connectivity index (χ2n) is 15.8. The Labute approximate surface area is 394 Å². The van der Waals surface area contributed by atoms with Gasteiger partial charge in [-0.15, -0.1) is 0 Å². The number of carbonyl (C=O) groups is 2. The third-order valence-corrected chi connectivity index (χ3v) is 10.7. The Balaban J connectivity index is 4.29. The molecule has 368 valence electrons. The third kappa shape index (κ3) is 48.1. The van der Waals surface area contributed by atoms with E-state index < -0.39 is 45.1 Å². The molecule has 3 unspecified atom stereocenters. The van der Waals surface area contributed by atoms with Crippen LogP contribution >= 0.6 is 7.82 Å². The molecule has 11 heteroatoms. The number of unbranched alkanes of at least 4 members (excludes halogenated alkanes) is 11. The number of nitrogens with two attached hydrogens (primary N) is 1. The van der Waals surface area contributed by atoms with Crippen molar-refractivity contribution in [3.8, 4) is 0 Å². The summed E-state index contributed by atoms with van der Waals surface area (Å²) in [5.41, 5.74) is 5.37. The molecule has 65 heavy (non-hydrogen) atoms. The zero-order valence-electron chi connectivity index (χ0n) is 40.3. The normalized spacial score (nSPS) is 14.8. The highest BCUT2D eigenvalue weighted by atomic mass is 31.2. The van der Waals surface area contributed by atoms with Crippen LogP contribution in [0.1, 0.15) is 168 Å². The van der Waals surface area contributed by atoms with Crippen molar-refractivity contribution in [2.24, 2.45) is 5.73 Å². The van der Waals surface area contributed by atoms with E-state index in [2.05, 4.69) is 135 Å². The first-order valence-corrected chi connectivity index (χ1v) is 26.1. The number of carboxylic acid groups (broad SMARTS) is 1. The molecule has 0 rings (SSSR count). The van der Waals surface area contributed by atoms with Gasteiger partial charge in [-0.2, -0.15) is 0 Å². The van der Waals surface area contributed by atoms with Gasteiger partial charge in [0.1, 0.15) is 12.1 Å². The van der Waals surface area contributed by atoms with Gasteiger partial charge in [0.25, 0.3) is 0 Å². The van der Waals surface area contributed by atoms with Gasteiger partial charge in [0.15, 0.2) is 0 Å². The number of carbonyl (C=O) groups excluding carboxylic acids is 1. The second kappa shape index (κ2) is 48.3. The minimum atomic E-state index is -4.64. The first-order chi connectivity index (χ1) is 31.7. The van der Waals surface area contributed by atoms with Gasteiger partial charge in [-0.05, 0) is 103 Å². The van der Waals surface area contributed by atoms with Crippen molar-refractivity contribution in [3.05, 3.63) is 122 Å². The van der Waals surface area contributed by atoms with E-state index in [4.69, 9.17) is 29.4 Å². The molecule has 0 aliphatic rings. The summed E-state index contributed by atoms with van der Waals surface area (Å²) in [4.78, 5) is 33.7. The number of phosphoric acid groups is 1. The lowest BCUT2D eigenvalue weighted by Gasteiger charge is -2.20. The topological polar surface area (TPSA) is 155 Å². The zero-order chi connectivity index (χ0) is 47.6. The molecule has 0 spiro atoms. The molecule has 0 heterocycles. The molecule has 0 aromatic heterocycles. The van der Waals surface area contributed by atoms with Crippen molar-refractivity contribution >= 4 is 19.8 Å². The number of esters is 1. The van der Waals surface area contributed by atoms with Gasteiger partial charge >= 0.3 is 19.8 Å². The number of hydrogen-bond acceptors (Lipinski definition) is 8. The van der Waals surface area contributed by atoms with Gasteiger partial charge in [-0.1, -0.05) is 180 Å². The molecule has 0 aliphatic heterocycles. The maximum atomic E-state index is 12.7. The molecule has 0 aromatic rings. The van der Waals surface area contributed by atoms with Crippen LogP contribution < -0.4 is 5.73 Å². The minimum Gasteiger partial charge on any atom is -0.480 e. The van der Waals surface area contributed by atoms with Gasteiger partial charge in [-0.3, -0.25) is 18.6 Å². The highest BCUT2D eigenvalue weighted by Gasteiger charge is 2.27. The lowest BCUT2D eigenvalue weighted by Crippen LogP contribution is -2.34. The number of hydrogen-bond donors (Lipinski definition) is 3. The molecule has 0 aliphatic carbocycles. The van der Waals surface area contributed by atoms with Crippen LogP contribution in [0, 0.1) is 0 Å². The summed E-state index contributed by atoms with van der Waals surface area (Å²) in [7, 11) is -4.64. The summed E-state index contributed by atoms with van der Waals surface area (Å²) in [5, 5.41) is 8.93. The van der Waals surface area contributed by atoms with Crippen molar-refractivity contribution in [1.29, 1.82) is 0 Å². The van der Waals surface area contributed by atoms with E-state index in [-0.39, 0.29) is 13.0 Å². The number of ether oxygens (including phenoxy) is 2. The van der Waals surface area contributed by atoms with E-state index in [1.807, 2.05) is 0 Å². The molecule has 0 radical (unpaired) electrons. The Kier molecular flexibility index (Phi) is 45.6. The molecule has 4 N–H and O–H groups in total. The fourth-order valence-corrected chi connectivity index (χ4v) is 6.79. The van der Waals surface area contributed by atoms with Crippen LogP contribution in [-0.4, -0.2) is 60.5 Å². The molecular weight excluding hydrogens is 838 g/mol. The average molecular weight is 926 g/mol. The second-order valence-corrected chi connectivity index (χ2v) is 17.3. The van der Waals surface area contributed by atoms with Gasteiger partial charge in [0.05, 0.1) is 19.8 Å². The molecule has 10 nitrogen and oxygen atoms in total. The Hall–Kier alpha value is -3.63. The van der Waals surface area contributed by atoms with E-state index in [1.165, 1.54) is 12.8 Å².